The minimum absolute atomic E-state index is 0.00345. The molecule has 1 fully saturated rings. The Kier molecular flexibility index (Phi) is 13.6. The molecule has 13 heteroatoms. The number of aromatic hydroxyl groups is 1. The highest BCUT2D eigenvalue weighted by atomic mass is 19.4. The summed E-state index contributed by atoms with van der Waals surface area (Å²) in [6, 6.07) is 8.39. The Bertz CT molecular complexity index is 1450. The van der Waals surface area contributed by atoms with Gasteiger partial charge in [-0.05, 0) is 48.4 Å². The average Bonchev–Trinajstić information content (AvgIpc) is 3.06. The molecule has 3 rings (SSSR count). The van der Waals surface area contributed by atoms with E-state index in [-0.39, 0.29) is 87.7 Å². The molecule has 0 aliphatic carbocycles. The monoisotopic (exact) mass is 674 g/mol. The van der Waals surface area contributed by atoms with Crippen molar-refractivity contribution in [3.05, 3.63) is 90.0 Å². The number of carbonyl (C=O) groups is 2. The largest absolute Gasteiger partial charge is 0.508 e. The quantitative estimate of drug-likeness (QED) is 0.252. The van der Waals surface area contributed by atoms with Crippen LogP contribution in [0.4, 0.5) is 18.0 Å². The van der Waals surface area contributed by atoms with Crippen molar-refractivity contribution < 1.29 is 42.8 Å². The molecule has 0 bridgehead atoms. The first-order chi connectivity index (χ1) is 22.8. The van der Waals surface area contributed by atoms with Gasteiger partial charge in [-0.15, -0.1) is 0 Å². The lowest BCUT2D eigenvalue weighted by atomic mass is 9.86. The van der Waals surface area contributed by atoms with E-state index in [1.165, 1.54) is 30.2 Å². The van der Waals surface area contributed by atoms with Crippen molar-refractivity contribution in [2.24, 2.45) is 0 Å². The van der Waals surface area contributed by atoms with Gasteiger partial charge < -0.3 is 29.9 Å². The Morgan fingerprint density at radius 2 is 1.60 bits per heavy atom. The highest BCUT2D eigenvalue weighted by molar-refractivity contribution is 5.88. The van der Waals surface area contributed by atoms with Crippen LogP contribution in [-0.4, -0.2) is 119 Å². The van der Waals surface area contributed by atoms with E-state index in [0.717, 1.165) is 17.7 Å². The topological polar surface area (TPSA) is 117 Å². The number of nitrogens with zero attached hydrogens (tertiary/aromatic N) is 4. The predicted molar refractivity (Wildman–Crippen MR) is 177 cm³/mol. The number of rotatable bonds is 14. The van der Waals surface area contributed by atoms with Crippen LogP contribution in [0, 0.1) is 0 Å². The number of aliphatic hydroxyl groups is 2. The van der Waals surface area contributed by atoms with Crippen molar-refractivity contribution in [1.82, 2.24) is 19.6 Å². The van der Waals surface area contributed by atoms with E-state index >= 15 is 0 Å². The molecule has 0 spiro atoms. The van der Waals surface area contributed by atoms with Gasteiger partial charge in [-0.1, -0.05) is 44.4 Å². The lowest BCUT2D eigenvalue weighted by molar-refractivity contribution is -0.137. The molecular formula is C35H45F3N4O6. The number of carbonyl (C=O) groups excluding carboxylic acids is 2. The van der Waals surface area contributed by atoms with Crippen molar-refractivity contribution in [3.8, 4) is 11.5 Å². The smallest absolute Gasteiger partial charge is 0.416 e. The number of hydrogen-bond acceptors (Lipinski definition) is 7. The van der Waals surface area contributed by atoms with Crippen LogP contribution in [0.15, 0.2) is 73.3 Å². The van der Waals surface area contributed by atoms with Crippen LogP contribution >= 0.6 is 0 Å². The molecule has 1 aliphatic heterocycles. The second-order valence-corrected chi connectivity index (χ2v) is 11.6. The van der Waals surface area contributed by atoms with Gasteiger partial charge in [0.25, 0.3) is 0 Å². The highest BCUT2D eigenvalue weighted by Gasteiger charge is 2.38. The third kappa shape index (κ3) is 9.39. The Morgan fingerprint density at radius 3 is 2.12 bits per heavy atom. The van der Waals surface area contributed by atoms with Gasteiger partial charge in [-0.25, -0.2) is 4.79 Å². The van der Waals surface area contributed by atoms with Crippen LogP contribution < -0.4 is 4.74 Å². The molecule has 1 saturated heterocycles. The van der Waals surface area contributed by atoms with Crippen LogP contribution in [0.3, 0.4) is 0 Å². The Hall–Kier alpha value is -4.33. The van der Waals surface area contributed by atoms with Crippen LogP contribution in [0.5, 0.6) is 11.5 Å². The first-order valence-electron chi connectivity index (χ1n) is 15.6. The summed E-state index contributed by atoms with van der Waals surface area (Å²) in [7, 11) is 1.25. The number of methoxy groups -OCH3 is 1. The summed E-state index contributed by atoms with van der Waals surface area (Å²) in [6.07, 6.45) is -1.29. The van der Waals surface area contributed by atoms with Gasteiger partial charge in [0.1, 0.15) is 11.5 Å². The summed E-state index contributed by atoms with van der Waals surface area (Å²) in [5.74, 6) is -0.645. The van der Waals surface area contributed by atoms with Crippen molar-refractivity contribution in [1.29, 1.82) is 0 Å². The zero-order valence-electron chi connectivity index (χ0n) is 27.6. The molecule has 2 aromatic carbocycles. The average molecular weight is 675 g/mol. The number of allylic oxidation sites excluding steroid dienone is 2. The summed E-state index contributed by atoms with van der Waals surface area (Å²) in [5, 5.41) is 28.5. The molecule has 2 atom stereocenters. The van der Waals surface area contributed by atoms with Crippen LogP contribution in [-0.2, 0) is 11.0 Å². The minimum atomic E-state index is -4.62. The molecule has 0 aromatic heterocycles. The second kappa shape index (κ2) is 17.2. The van der Waals surface area contributed by atoms with Crippen LogP contribution in [0.25, 0.3) is 5.70 Å². The van der Waals surface area contributed by atoms with Gasteiger partial charge in [0.2, 0.25) is 5.91 Å². The van der Waals surface area contributed by atoms with Gasteiger partial charge >= 0.3 is 12.2 Å². The van der Waals surface area contributed by atoms with E-state index in [1.54, 1.807) is 39.0 Å². The van der Waals surface area contributed by atoms with Gasteiger partial charge in [-0.3, -0.25) is 14.6 Å². The van der Waals surface area contributed by atoms with Gasteiger partial charge in [-0.2, -0.15) is 13.2 Å². The Balaban J connectivity index is 2.04. The molecule has 0 saturated carbocycles. The number of benzene rings is 2. The van der Waals surface area contributed by atoms with E-state index in [9.17, 15) is 38.1 Å². The van der Waals surface area contributed by atoms with Crippen LogP contribution in [0.2, 0.25) is 0 Å². The van der Waals surface area contributed by atoms with Gasteiger partial charge in [0.05, 0.1) is 38.5 Å². The summed E-state index contributed by atoms with van der Waals surface area (Å²) in [6.45, 7) is 12.7. The molecule has 1 aliphatic rings. The van der Waals surface area contributed by atoms with Gasteiger partial charge in [0.15, 0.2) is 0 Å². The van der Waals surface area contributed by atoms with E-state index in [4.69, 9.17) is 4.74 Å². The summed E-state index contributed by atoms with van der Waals surface area (Å²) in [5.41, 5.74) is 0.885. The SMILES string of the molecule is C=C/C=C(\C)C(C(C)c1ccc(O)cc1)N(C(=C)c1ccc(C(F)(F)F)cc1OC)C(=O)N1CCN(C(=O)CN(CCO)CCO)CC1. The minimum Gasteiger partial charge on any atom is -0.508 e. The number of urea groups is 1. The molecule has 262 valence electrons. The standard InChI is InChI=1S/C35H45F3N4O6/c1-6-7-24(2)33(25(3)27-8-11-29(45)12-9-27)42(26(4)30-13-10-28(35(36,37)38)22-31(30)48-5)34(47)41-16-14-40(15-17-41)32(46)23-39(18-20-43)19-21-44/h6-13,22,25,33,43-45H,1,4,14-21,23H2,2-3,5H3/b24-7+. The molecule has 2 aromatic rings. The lowest BCUT2D eigenvalue weighted by Crippen LogP contribution is -2.57. The van der Waals surface area contributed by atoms with Crippen molar-refractivity contribution in [3.63, 3.8) is 0 Å². The summed E-state index contributed by atoms with van der Waals surface area (Å²) < 4.78 is 46.2. The highest BCUT2D eigenvalue weighted by Crippen LogP contribution is 2.39. The zero-order chi connectivity index (χ0) is 35.6. The Labute approximate surface area is 279 Å². The molecule has 10 nitrogen and oxygen atoms in total. The lowest BCUT2D eigenvalue weighted by Gasteiger charge is -2.43. The van der Waals surface area contributed by atoms with E-state index in [1.807, 2.05) is 13.8 Å². The van der Waals surface area contributed by atoms with E-state index in [2.05, 4.69) is 13.2 Å². The maximum absolute atomic E-state index is 14.6. The number of alkyl halides is 3. The first kappa shape index (κ1) is 38.1. The zero-order valence-corrected chi connectivity index (χ0v) is 27.6. The molecule has 0 radical (unpaired) electrons. The maximum Gasteiger partial charge on any atom is 0.416 e. The maximum atomic E-state index is 14.6. The molecule has 1 heterocycles. The molecule has 2 unspecified atom stereocenters. The fourth-order valence-corrected chi connectivity index (χ4v) is 5.85. The van der Waals surface area contributed by atoms with Gasteiger partial charge in [0, 0.05) is 56.4 Å². The summed E-state index contributed by atoms with van der Waals surface area (Å²) >= 11 is 0. The van der Waals surface area contributed by atoms with Crippen molar-refractivity contribution >= 4 is 17.6 Å². The number of halogens is 3. The third-order valence-electron chi connectivity index (χ3n) is 8.45. The number of phenols is 1. The fourth-order valence-electron chi connectivity index (χ4n) is 5.85. The molecule has 3 amide bonds. The number of amides is 3. The van der Waals surface area contributed by atoms with E-state index in [0.29, 0.717) is 5.57 Å². The number of hydrogen-bond donors (Lipinski definition) is 3. The Morgan fingerprint density at radius 1 is 1.02 bits per heavy atom. The predicted octanol–water partition coefficient (Wildman–Crippen LogP) is 4.55. The molecule has 3 N–H and O–H groups in total. The number of aliphatic hydroxyl groups excluding tert-OH is 2. The second-order valence-electron chi connectivity index (χ2n) is 11.6. The van der Waals surface area contributed by atoms with Crippen molar-refractivity contribution in [2.75, 3.05) is 66.1 Å². The first-order valence-corrected chi connectivity index (χ1v) is 15.6. The van der Waals surface area contributed by atoms with Crippen LogP contribution in [0.1, 0.15) is 36.5 Å². The number of ether oxygens (including phenoxy) is 1. The fraction of sp³-hybridized carbons (Fsp3) is 0.429. The molecule has 48 heavy (non-hydrogen) atoms. The molecular weight excluding hydrogens is 629 g/mol. The third-order valence-corrected chi connectivity index (χ3v) is 8.45. The number of phenolic OH excluding ortho intramolecular Hbond substituents is 1. The van der Waals surface area contributed by atoms with E-state index < -0.39 is 29.7 Å². The summed E-state index contributed by atoms with van der Waals surface area (Å²) in [4.78, 5) is 33.9. The van der Waals surface area contributed by atoms with Crippen molar-refractivity contribution in [2.45, 2.75) is 32.0 Å². The normalized spacial score (nSPS) is 15.2. The number of piperazine rings is 1.